The highest BCUT2D eigenvalue weighted by molar-refractivity contribution is 6.73. The first-order chi connectivity index (χ1) is 32.5. The molecule has 0 spiro atoms. The molecule has 0 saturated carbocycles. The molecule has 2 aliphatic rings. The molecule has 0 atom stereocenters. The summed E-state index contributed by atoms with van der Waals surface area (Å²) in [7, 11) is 2.50. The van der Waals surface area contributed by atoms with Crippen LogP contribution in [0.3, 0.4) is 0 Å². The molecule has 2 nitrogen and oxygen atoms in total. The zero-order valence-electron chi connectivity index (χ0n) is 39.5. The van der Waals surface area contributed by atoms with Gasteiger partial charge in [-0.1, -0.05) is 191 Å². The number of aryl methyl sites for hydroxylation is 2. The lowest BCUT2D eigenvalue weighted by Crippen LogP contribution is -2.44. The third-order valence-electron chi connectivity index (χ3n) is 14.6. The van der Waals surface area contributed by atoms with E-state index in [1.54, 1.807) is 0 Å². The molecule has 1 N–H and O–H groups in total. The average Bonchev–Trinajstić information content (AvgIpc) is 3.35. The van der Waals surface area contributed by atoms with Crippen molar-refractivity contribution in [3.63, 3.8) is 0 Å². The molecule has 11 rings (SSSR count). The van der Waals surface area contributed by atoms with Crippen LogP contribution in [-0.2, 0) is 10.8 Å². The van der Waals surface area contributed by atoms with Crippen molar-refractivity contribution in [2.24, 2.45) is 0 Å². The smallest absolute Gasteiger partial charge is 0.197 e. The Bertz CT molecular complexity index is 3300. The van der Waals surface area contributed by atoms with Gasteiger partial charge in [0.05, 0.1) is 0 Å². The number of benzene rings is 9. The molecular weight excluding hydrogens is 808 g/mol. The first kappa shape index (κ1) is 42.3. The van der Waals surface area contributed by atoms with Crippen molar-refractivity contribution in [2.75, 3.05) is 10.2 Å². The molecule has 9 aromatic rings. The highest BCUT2D eigenvalue weighted by Crippen LogP contribution is 2.50. The average molecular weight is 864 g/mol. The van der Waals surface area contributed by atoms with Crippen molar-refractivity contribution in [1.82, 2.24) is 0 Å². The number of hydrogen-bond donors (Lipinski definition) is 1. The number of nitrogens with one attached hydrogen (secondary N) is 1. The predicted octanol–water partition coefficient (Wildman–Crippen LogP) is 16.2. The van der Waals surface area contributed by atoms with Crippen LogP contribution in [0.5, 0.6) is 0 Å². The highest BCUT2D eigenvalue weighted by Gasteiger charge is 2.40. The van der Waals surface area contributed by atoms with E-state index in [0.29, 0.717) is 0 Å². The van der Waals surface area contributed by atoms with Crippen LogP contribution in [0.25, 0.3) is 55.6 Å². The fourth-order valence-electron chi connectivity index (χ4n) is 10.6. The Morgan fingerprint density at radius 3 is 1.57 bits per heavy atom. The second kappa shape index (κ2) is 16.8. The van der Waals surface area contributed by atoms with Crippen molar-refractivity contribution in [3.05, 3.63) is 222 Å². The Morgan fingerprint density at radius 1 is 0.403 bits per heavy atom. The monoisotopic (exact) mass is 863 g/mol. The van der Waals surface area contributed by atoms with E-state index >= 15 is 0 Å². The van der Waals surface area contributed by atoms with E-state index in [0.717, 1.165) is 35.3 Å². The molecule has 1 heterocycles. The first-order valence-corrected chi connectivity index (χ1v) is 23.9. The van der Waals surface area contributed by atoms with Crippen LogP contribution >= 0.6 is 0 Å². The molecule has 9 aromatic carbocycles. The predicted molar refractivity (Wildman–Crippen MR) is 288 cm³/mol. The second-order valence-electron chi connectivity index (χ2n) is 20.0. The van der Waals surface area contributed by atoms with Gasteiger partial charge in [-0.15, -0.1) is 0 Å². The Balaban J connectivity index is 1.18. The normalized spacial score (nSPS) is 14.3. The van der Waals surface area contributed by atoms with Gasteiger partial charge in [0.2, 0.25) is 0 Å². The molecule has 3 heteroatoms. The summed E-state index contributed by atoms with van der Waals surface area (Å²) < 4.78 is 0. The van der Waals surface area contributed by atoms with E-state index in [2.05, 4.69) is 259 Å². The van der Waals surface area contributed by atoms with Gasteiger partial charge in [-0.05, 0) is 158 Å². The molecule has 0 saturated heterocycles. The van der Waals surface area contributed by atoms with Gasteiger partial charge in [0, 0.05) is 34.0 Å². The van der Waals surface area contributed by atoms with Gasteiger partial charge in [0.25, 0.3) is 0 Å². The van der Waals surface area contributed by atoms with Gasteiger partial charge in [0.15, 0.2) is 7.28 Å². The Labute approximate surface area is 398 Å². The lowest BCUT2D eigenvalue weighted by molar-refractivity contribution is 0.332. The fraction of sp³-hybridized carbons (Fsp3) is 0.156. The van der Waals surface area contributed by atoms with Crippen LogP contribution in [-0.4, -0.2) is 7.28 Å². The van der Waals surface area contributed by atoms with Gasteiger partial charge < -0.3 is 10.2 Å². The lowest BCUT2D eigenvalue weighted by Gasteiger charge is -2.44. The molecule has 1 aliphatic carbocycles. The van der Waals surface area contributed by atoms with E-state index in [-0.39, 0.29) is 10.8 Å². The summed E-state index contributed by atoms with van der Waals surface area (Å²) >= 11 is 0. The SMILES string of the molecule is Cc1ccccc1-c1cc(-c2ccc(-c3ccccc3)cc2Nc2ccc(-c3ccccc3)cc2)c2c(c1)N(c1cc(-c3ccccc3)ccc1C)c1cc3c(cc1[B]2)C(C)(C)CCC3(C)C. The number of nitrogens with zero attached hydrogens (tertiary/aromatic N) is 1. The number of fused-ring (bicyclic) bond motifs is 3. The molecule has 0 amide bonds. The van der Waals surface area contributed by atoms with E-state index in [1.165, 1.54) is 94.7 Å². The quantitative estimate of drug-likeness (QED) is 0.153. The Hall–Kier alpha value is -7.36. The summed E-state index contributed by atoms with van der Waals surface area (Å²) in [4.78, 5) is 2.60. The molecule has 67 heavy (non-hydrogen) atoms. The molecule has 0 unspecified atom stereocenters. The summed E-state index contributed by atoms with van der Waals surface area (Å²) in [5.41, 5.74) is 25.5. The number of anilines is 5. The third kappa shape index (κ3) is 7.87. The molecular formula is C64H56BN2. The van der Waals surface area contributed by atoms with E-state index in [9.17, 15) is 0 Å². The Morgan fingerprint density at radius 2 is 0.925 bits per heavy atom. The maximum Gasteiger partial charge on any atom is 0.197 e. The first-order valence-electron chi connectivity index (χ1n) is 23.9. The van der Waals surface area contributed by atoms with Crippen LogP contribution in [0.1, 0.15) is 62.8 Å². The topological polar surface area (TPSA) is 15.3 Å². The molecule has 0 bridgehead atoms. The summed E-state index contributed by atoms with van der Waals surface area (Å²) in [5, 5.41) is 3.97. The zero-order valence-corrected chi connectivity index (χ0v) is 39.5. The van der Waals surface area contributed by atoms with Crippen molar-refractivity contribution >= 4 is 46.6 Å². The van der Waals surface area contributed by atoms with Crippen LogP contribution < -0.4 is 21.1 Å². The highest BCUT2D eigenvalue weighted by atomic mass is 15.2. The van der Waals surface area contributed by atoms with Crippen molar-refractivity contribution in [1.29, 1.82) is 0 Å². The summed E-state index contributed by atoms with van der Waals surface area (Å²) in [6.07, 6.45) is 2.31. The van der Waals surface area contributed by atoms with Crippen LogP contribution in [0.4, 0.5) is 28.4 Å². The van der Waals surface area contributed by atoms with Gasteiger partial charge in [0.1, 0.15) is 0 Å². The minimum absolute atomic E-state index is 0.0429. The van der Waals surface area contributed by atoms with Crippen molar-refractivity contribution < 1.29 is 0 Å². The largest absolute Gasteiger partial charge is 0.355 e. The van der Waals surface area contributed by atoms with Crippen LogP contribution in [0.15, 0.2) is 200 Å². The fourth-order valence-corrected chi connectivity index (χ4v) is 10.6. The Kier molecular flexibility index (Phi) is 10.6. The summed E-state index contributed by atoms with van der Waals surface area (Å²) in [6, 6.07) is 73.8. The molecule has 0 fully saturated rings. The van der Waals surface area contributed by atoms with E-state index < -0.39 is 0 Å². The minimum atomic E-state index is 0.0429. The summed E-state index contributed by atoms with van der Waals surface area (Å²) in [6.45, 7) is 14.3. The van der Waals surface area contributed by atoms with Crippen molar-refractivity contribution in [2.45, 2.75) is 65.2 Å². The summed E-state index contributed by atoms with van der Waals surface area (Å²) in [5.74, 6) is 0. The van der Waals surface area contributed by atoms with Gasteiger partial charge in [-0.25, -0.2) is 0 Å². The number of hydrogen-bond acceptors (Lipinski definition) is 2. The van der Waals surface area contributed by atoms with E-state index in [1.807, 2.05) is 0 Å². The molecule has 325 valence electrons. The van der Waals surface area contributed by atoms with Gasteiger partial charge >= 0.3 is 0 Å². The number of rotatable bonds is 8. The third-order valence-corrected chi connectivity index (χ3v) is 14.6. The van der Waals surface area contributed by atoms with Crippen molar-refractivity contribution in [3.8, 4) is 55.6 Å². The van der Waals surface area contributed by atoms with E-state index in [4.69, 9.17) is 0 Å². The minimum Gasteiger partial charge on any atom is -0.355 e. The van der Waals surface area contributed by atoms with Crippen LogP contribution in [0.2, 0.25) is 0 Å². The molecule has 0 aromatic heterocycles. The zero-order chi connectivity index (χ0) is 45.9. The van der Waals surface area contributed by atoms with Gasteiger partial charge in [-0.3, -0.25) is 0 Å². The van der Waals surface area contributed by atoms with Crippen LogP contribution in [0, 0.1) is 13.8 Å². The molecule has 1 radical (unpaired) electrons. The van der Waals surface area contributed by atoms with Gasteiger partial charge in [-0.2, -0.15) is 0 Å². The maximum atomic E-state index is 3.97. The molecule has 1 aliphatic heterocycles. The second-order valence-corrected chi connectivity index (χ2v) is 20.0. The standard InChI is InChI=1S/C64H56BN2/c1-42-18-16-17-25-52(42)50-36-54(53-33-30-48(45-21-12-8-13-22-45)37-58(53)66-51-31-28-47(29-32-51)44-19-10-7-11-20-44)62-61(39-50)67(59-38-49(27-26-43(59)2)46-23-14-9-15-24-46)60-41-56-55(40-57(60)65-62)63(3,4)34-35-64(56,5)6/h7-33,36-41,66H,34-35H2,1-6H3. The maximum absolute atomic E-state index is 3.97. The lowest BCUT2D eigenvalue weighted by atomic mass is 9.55.